The summed E-state index contributed by atoms with van der Waals surface area (Å²) in [6.45, 7) is 3.48. The lowest BCUT2D eigenvalue weighted by molar-refractivity contribution is -0.139. The molecule has 0 bridgehead atoms. The number of hydrogen-bond donors (Lipinski definition) is 1. The molecular formula is C19H25Cl2N3O2. The summed E-state index contributed by atoms with van der Waals surface area (Å²) in [7, 11) is 2.08. The van der Waals surface area contributed by atoms with Gasteiger partial charge in [0.1, 0.15) is 0 Å². The number of likely N-dealkylation sites (N-methyl/N-ethyl adjacent to an activating group) is 1. The van der Waals surface area contributed by atoms with Gasteiger partial charge in [0, 0.05) is 38.0 Å². The smallest absolute Gasteiger partial charge is 0.227 e. The maximum absolute atomic E-state index is 12.7. The van der Waals surface area contributed by atoms with E-state index in [-0.39, 0.29) is 23.7 Å². The average molecular weight is 398 g/mol. The summed E-state index contributed by atoms with van der Waals surface area (Å²) >= 11 is 12.2. The fourth-order valence-corrected chi connectivity index (χ4v) is 4.22. The normalized spacial score (nSPS) is 24.3. The van der Waals surface area contributed by atoms with Gasteiger partial charge in [-0.05, 0) is 44.9 Å². The summed E-state index contributed by atoms with van der Waals surface area (Å²) in [5, 5.41) is 3.73. The van der Waals surface area contributed by atoms with E-state index in [9.17, 15) is 9.59 Å². The minimum Gasteiger partial charge on any atom is -0.340 e. The lowest BCUT2D eigenvalue weighted by Gasteiger charge is -2.36. The average Bonchev–Trinajstić information content (AvgIpc) is 2.65. The van der Waals surface area contributed by atoms with Crippen LogP contribution >= 0.6 is 23.2 Å². The number of rotatable bonds is 3. The second-order valence-electron chi connectivity index (χ2n) is 7.26. The number of para-hydroxylation sites is 1. The van der Waals surface area contributed by atoms with Gasteiger partial charge in [0.25, 0.3) is 0 Å². The van der Waals surface area contributed by atoms with Crippen molar-refractivity contribution in [3.05, 3.63) is 28.2 Å². The first-order valence-electron chi connectivity index (χ1n) is 9.18. The molecule has 2 amide bonds. The molecule has 1 aromatic rings. The molecule has 0 spiro atoms. The molecule has 1 saturated heterocycles. The highest BCUT2D eigenvalue weighted by atomic mass is 35.5. The van der Waals surface area contributed by atoms with Crippen LogP contribution in [-0.2, 0) is 9.59 Å². The summed E-state index contributed by atoms with van der Waals surface area (Å²) in [4.78, 5) is 29.5. The summed E-state index contributed by atoms with van der Waals surface area (Å²) < 4.78 is 0. The van der Waals surface area contributed by atoms with Gasteiger partial charge >= 0.3 is 0 Å². The number of amides is 2. The lowest BCUT2D eigenvalue weighted by Crippen LogP contribution is -2.49. The van der Waals surface area contributed by atoms with E-state index >= 15 is 0 Å². The number of hydrogen-bond acceptors (Lipinski definition) is 3. The van der Waals surface area contributed by atoms with Gasteiger partial charge in [0.15, 0.2) is 0 Å². The number of halogens is 2. The second kappa shape index (κ2) is 8.59. The van der Waals surface area contributed by atoms with Gasteiger partial charge in [0.05, 0.1) is 15.7 Å². The van der Waals surface area contributed by atoms with Crippen molar-refractivity contribution in [3.63, 3.8) is 0 Å². The SMILES string of the molecule is CN1CCN(C(=O)C2CCC(C(=O)Nc3c(Cl)cccc3Cl)CC2)CC1. The van der Waals surface area contributed by atoms with Crippen molar-refractivity contribution in [1.82, 2.24) is 9.80 Å². The highest BCUT2D eigenvalue weighted by Crippen LogP contribution is 2.34. The number of piperazine rings is 1. The predicted molar refractivity (Wildman–Crippen MR) is 105 cm³/mol. The molecule has 0 atom stereocenters. The Labute approximate surface area is 164 Å². The third-order valence-electron chi connectivity index (χ3n) is 5.47. The standard InChI is InChI=1S/C19H25Cl2N3O2/c1-23-9-11-24(12-10-23)19(26)14-7-5-13(6-8-14)18(25)22-17-15(20)3-2-4-16(17)21/h2-4,13-14H,5-12H2,1H3,(H,22,25). The van der Waals surface area contributed by atoms with Crippen LogP contribution in [0.2, 0.25) is 10.0 Å². The fraction of sp³-hybridized carbons (Fsp3) is 0.579. The summed E-state index contributed by atoms with van der Waals surface area (Å²) in [5.74, 6) is 0.141. The van der Waals surface area contributed by atoms with Crippen molar-refractivity contribution >= 4 is 40.7 Å². The third kappa shape index (κ3) is 4.51. The van der Waals surface area contributed by atoms with E-state index in [1.807, 2.05) is 4.90 Å². The third-order valence-corrected chi connectivity index (χ3v) is 6.10. The molecule has 1 aliphatic heterocycles. The van der Waals surface area contributed by atoms with Crippen LogP contribution in [0.25, 0.3) is 0 Å². The van der Waals surface area contributed by atoms with Gasteiger partial charge in [-0.3, -0.25) is 9.59 Å². The van der Waals surface area contributed by atoms with Gasteiger partial charge < -0.3 is 15.1 Å². The molecule has 0 unspecified atom stereocenters. The molecule has 0 aromatic heterocycles. The highest BCUT2D eigenvalue weighted by molar-refractivity contribution is 6.39. The Morgan fingerprint density at radius 3 is 2.08 bits per heavy atom. The minimum absolute atomic E-state index is 0.0476. The fourth-order valence-electron chi connectivity index (χ4n) is 3.73. The van der Waals surface area contributed by atoms with Crippen molar-refractivity contribution in [2.45, 2.75) is 25.7 Å². The van der Waals surface area contributed by atoms with Crippen molar-refractivity contribution in [2.75, 3.05) is 38.5 Å². The molecule has 2 fully saturated rings. The zero-order valence-corrected chi connectivity index (χ0v) is 16.5. The largest absolute Gasteiger partial charge is 0.340 e. The van der Waals surface area contributed by atoms with Crippen LogP contribution in [0.4, 0.5) is 5.69 Å². The number of nitrogens with one attached hydrogen (secondary N) is 1. The highest BCUT2D eigenvalue weighted by Gasteiger charge is 2.33. The van der Waals surface area contributed by atoms with E-state index in [0.717, 1.165) is 51.9 Å². The number of nitrogens with zero attached hydrogens (tertiary/aromatic N) is 2. The molecule has 0 radical (unpaired) electrons. The van der Waals surface area contributed by atoms with Crippen LogP contribution in [0.5, 0.6) is 0 Å². The topological polar surface area (TPSA) is 52.7 Å². The molecule has 5 nitrogen and oxygen atoms in total. The number of carbonyl (C=O) groups excluding carboxylic acids is 2. The summed E-state index contributed by atoms with van der Waals surface area (Å²) in [6, 6.07) is 5.15. The molecule has 1 aliphatic carbocycles. The molecular weight excluding hydrogens is 373 g/mol. The van der Waals surface area contributed by atoms with Crippen molar-refractivity contribution in [2.24, 2.45) is 11.8 Å². The van der Waals surface area contributed by atoms with Crippen LogP contribution in [0.3, 0.4) is 0 Å². The molecule has 3 rings (SSSR count). The van der Waals surface area contributed by atoms with Crippen LogP contribution in [0.15, 0.2) is 18.2 Å². The maximum Gasteiger partial charge on any atom is 0.227 e. The first kappa shape index (κ1) is 19.5. The molecule has 26 heavy (non-hydrogen) atoms. The molecule has 142 valence electrons. The Hall–Kier alpha value is -1.30. The molecule has 7 heteroatoms. The number of carbonyl (C=O) groups is 2. The minimum atomic E-state index is -0.0983. The molecule has 1 N–H and O–H groups in total. The maximum atomic E-state index is 12.7. The predicted octanol–water partition coefficient (Wildman–Crippen LogP) is 3.51. The van der Waals surface area contributed by atoms with Gasteiger partial charge in [-0.15, -0.1) is 0 Å². The van der Waals surface area contributed by atoms with Crippen LogP contribution in [0.1, 0.15) is 25.7 Å². The van der Waals surface area contributed by atoms with E-state index in [1.165, 1.54) is 0 Å². The second-order valence-corrected chi connectivity index (χ2v) is 8.08. The van der Waals surface area contributed by atoms with Crippen molar-refractivity contribution in [3.8, 4) is 0 Å². The quantitative estimate of drug-likeness (QED) is 0.848. The van der Waals surface area contributed by atoms with Crippen LogP contribution in [-0.4, -0.2) is 54.8 Å². The Morgan fingerprint density at radius 2 is 1.50 bits per heavy atom. The first-order valence-corrected chi connectivity index (χ1v) is 9.93. The zero-order chi connectivity index (χ0) is 18.7. The number of anilines is 1. The summed E-state index contributed by atoms with van der Waals surface area (Å²) in [5.41, 5.74) is 0.469. The van der Waals surface area contributed by atoms with Crippen molar-refractivity contribution < 1.29 is 9.59 Å². The Bertz CT molecular complexity index is 646. The van der Waals surface area contributed by atoms with Crippen LogP contribution in [0, 0.1) is 11.8 Å². The number of benzene rings is 1. The summed E-state index contributed by atoms with van der Waals surface area (Å²) in [6.07, 6.45) is 2.97. The molecule has 2 aliphatic rings. The van der Waals surface area contributed by atoms with Gasteiger partial charge in [0.2, 0.25) is 11.8 Å². The van der Waals surface area contributed by atoms with Gasteiger partial charge in [-0.1, -0.05) is 29.3 Å². The van der Waals surface area contributed by atoms with E-state index in [4.69, 9.17) is 23.2 Å². The van der Waals surface area contributed by atoms with Gasteiger partial charge in [-0.25, -0.2) is 0 Å². The van der Waals surface area contributed by atoms with Crippen molar-refractivity contribution in [1.29, 1.82) is 0 Å². The Kier molecular flexibility index (Phi) is 6.43. The van der Waals surface area contributed by atoms with E-state index in [1.54, 1.807) is 18.2 Å². The molecule has 1 saturated carbocycles. The molecule has 1 aromatic carbocycles. The van der Waals surface area contributed by atoms with E-state index in [0.29, 0.717) is 15.7 Å². The Balaban J connectivity index is 1.51. The zero-order valence-electron chi connectivity index (χ0n) is 15.0. The monoisotopic (exact) mass is 397 g/mol. The van der Waals surface area contributed by atoms with Crippen LogP contribution < -0.4 is 5.32 Å². The lowest BCUT2D eigenvalue weighted by atomic mass is 9.80. The first-order chi connectivity index (χ1) is 12.5. The van der Waals surface area contributed by atoms with Gasteiger partial charge in [-0.2, -0.15) is 0 Å². The van der Waals surface area contributed by atoms with E-state index in [2.05, 4.69) is 17.3 Å². The molecule has 1 heterocycles. The van der Waals surface area contributed by atoms with E-state index < -0.39 is 0 Å². The Morgan fingerprint density at radius 1 is 0.962 bits per heavy atom.